The largest absolute Gasteiger partial charge is 0.463 e. The lowest BCUT2D eigenvalue weighted by molar-refractivity contribution is -0.137. The minimum atomic E-state index is -0.369. The van der Waals surface area contributed by atoms with E-state index in [-0.39, 0.29) is 18.0 Å². The maximum absolute atomic E-state index is 13.0. The fraction of sp³-hybridized carbons (Fsp3) is 0.304. The smallest absolute Gasteiger partial charge is 0.330 e. The molecular weight excluding hydrogens is 366 g/mol. The predicted octanol–water partition coefficient (Wildman–Crippen LogP) is 3.78. The monoisotopic (exact) mass is 393 g/mol. The lowest BCUT2D eigenvalue weighted by Crippen LogP contribution is -2.50. The van der Waals surface area contributed by atoms with Gasteiger partial charge in [0.1, 0.15) is 0 Å². The maximum Gasteiger partial charge on any atom is 0.330 e. The third-order valence-corrected chi connectivity index (χ3v) is 4.89. The van der Waals surface area contributed by atoms with Crippen molar-refractivity contribution in [2.75, 3.05) is 38.6 Å². The molecule has 0 bridgehead atoms. The number of carbonyl (C=O) groups is 2. The van der Waals surface area contributed by atoms with Gasteiger partial charge in [-0.1, -0.05) is 42.5 Å². The second-order valence-corrected chi connectivity index (χ2v) is 7.02. The number of hydrogen-bond donors (Lipinski definition) is 1. The van der Waals surface area contributed by atoms with Gasteiger partial charge < -0.3 is 19.9 Å². The van der Waals surface area contributed by atoms with Crippen LogP contribution in [0.2, 0.25) is 0 Å². The summed E-state index contributed by atoms with van der Waals surface area (Å²) in [6, 6.07) is 17.4. The molecule has 0 radical (unpaired) electrons. The molecule has 0 saturated carbocycles. The van der Waals surface area contributed by atoms with E-state index < -0.39 is 0 Å². The fourth-order valence-electron chi connectivity index (χ4n) is 3.35. The standard InChI is InChI=1S/C23H27N3O3/c1-3-29-22(27)14-11-18-9-12-20(13-10-18)24-23(28)26-16-15-25(2)17-21(26)19-7-5-4-6-8-19/h4-14,21H,3,15-17H2,1-2H3,(H,24,28)/b14-11+/t21-/m0/s1. The Morgan fingerprint density at radius 2 is 1.83 bits per heavy atom. The van der Waals surface area contributed by atoms with E-state index in [1.807, 2.05) is 47.4 Å². The Kier molecular flexibility index (Phi) is 7.03. The first-order valence-electron chi connectivity index (χ1n) is 9.83. The third-order valence-electron chi connectivity index (χ3n) is 4.89. The minimum absolute atomic E-state index is 0.0155. The molecule has 1 aliphatic heterocycles. The molecule has 6 nitrogen and oxygen atoms in total. The van der Waals surface area contributed by atoms with Gasteiger partial charge in [-0.25, -0.2) is 9.59 Å². The van der Waals surface area contributed by atoms with Crippen LogP contribution in [-0.2, 0) is 9.53 Å². The summed E-state index contributed by atoms with van der Waals surface area (Å²) in [6.45, 7) is 4.43. The number of urea groups is 1. The van der Waals surface area contributed by atoms with Crippen LogP contribution in [-0.4, -0.2) is 55.1 Å². The van der Waals surface area contributed by atoms with Crippen LogP contribution >= 0.6 is 0 Å². The second-order valence-electron chi connectivity index (χ2n) is 7.02. The van der Waals surface area contributed by atoms with E-state index in [1.54, 1.807) is 13.0 Å². The number of likely N-dealkylation sites (N-methyl/N-ethyl adjacent to an activating group) is 1. The van der Waals surface area contributed by atoms with Crippen LogP contribution in [0.4, 0.5) is 10.5 Å². The molecule has 0 unspecified atom stereocenters. The summed E-state index contributed by atoms with van der Waals surface area (Å²) in [5.74, 6) is -0.369. The summed E-state index contributed by atoms with van der Waals surface area (Å²) in [7, 11) is 2.08. The summed E-state index contributed by atoms with van der Waals surface area (Å²) in [4.78, 5) is 28.5. The Morgan fingerprint density at radius 1 is 1.10 bits per heavy atom. The first-order chi connectivity index (χ1) is 14.1. The summed E-state index contributed by atoms with van der Waals surface area (Å²) in [5, 5.41) is 2.99. The number of carbonyl (C=O) groups excluding carboxylic acids is 2. The van der Waals surface area contributed by atoms with Crippen molar-refractivity contribution in [1.29, 1.82) is 0 Å². The van der Waals surface area contributed by atoms with Crippen LogP contribution in [0.15, 0.2) is 60.7 Å². The quantitative estimate of drug-likeness (QED) is 0.620. The van der Waals surface area contributed by atoms with E-state index in [9.17, 15) is 9.59 Å². The van der Waals surface area contributed by atoms with Gasteiger partial charge in [-0.2, -0.15) is 0 Å². The molecule has 1 atom stereocenters. The Bertz CT molecular complexity index is 849. The first-order valence-corrected chi connectivity index (χ1v) is 9.83. The molecule has 0 aromatic heterocycles. The number of hydrogen-bond acceptors (Lipinski definition) is 4. The number of nitrogens with one attached hydrogen (secondary N) is 1. The summed E-state index contributed by atoms with van der Waals surface area (Å²) in [5.41, 5.74) is 2.71. The first kappa shape index (κ1) is 20.6. The van der Waals surface area contributed by atoms with Crippen molar-refractivity contribution in [2.45, 2.75) is 13.0 Å². The molecule has 0 aliphatic carbocycles. The van der Waals surface area contributed by atoms with Gasteiger partial charge in [0.05, 0.1) is 12.6 Å². The highest BCUT2D eigenvalue weighted by Gasteiger charge is 2.30. The maximum atomic E-state index is 13.0. The molecule has 1 aliphatic rings. The zero-order valence-electron chi connectivity index (χ0n) is 16.9. The van der Waals surface area contributed by atoms with Gasteiger partial charge in [-0.3, -0.25) is 0 Å². The molecule has 1 fully saturated rings. The van der Waals surface area contributed by atoms with E-state index in [4.69, 9.17) is 4.74 Å². The topological polar surface area (TPSA) is 61.9 Å². The van der Waals surface area contributed by atoms with Crippen LogP contribution < -0.4 is 5.32 Å². The average molecular weight is 393 g/mol. The van der Waals surface area contributed by atoms with E-state index in [2.05, 4.69) is 29.4 Å². The number of piperazine rings is 1. The molecule has 2 aromatic carbocycles. The molecule has 1 N–H and O–H groups in total. The SMILES string of the molecule is CCOC(=O)/C=C/c1ccc(NC(=O)N2CCN(C)C[C@H]2c2ccccc2)cc1. The van der Waals surface area contributed by atoms with Crippen LogP contribution in [0, 0.1) is 0 Å². The van der Waals surface area contributed by atoms with Gasteiger partial charge >= 0.3 is 12.0 Å². The highest BCUT2D eigenvalue weighted by molar-refractivity contribution is 5.90. The molecule has 1 heterocycles. The van der Waals surface area contributed by atoms with E-state index >= 15 is 0 Å². The number of nitrogens with zero attached hydrogens (tertiary/aromatic N) is 2. The Morgan fingerprint density at radius 3 is 2.52 bits per heavy atom. The molecule has 6 heteroatoms. The van der Waals surface area contributed by atoms with Gasteiger partial charge in [0.25, 0.3) is 0 Å². The summed E-state index contributed by atoms with van der Waals surface area (Å²) < 4.78 is 4.87. The molecule has 2 amide bonds. The van der Waals surface area contributed by atoms with Crippen LogP contribution in [0.3, 0.4) is 0 Å². The Hall–Kier alpha value is -3.12. The number of amides is 2. The Balaban J connectivity index is 1.66. The van der Waals surface area contributed by atoms with Crippen molar-refractivity contribution in [1.82, 2.24) is 9.80 Å². The molecule has 3 rings (SSSR count). The molecule has 29 heavy (non-hydrogen) atoms. The van der Waals surface area contributed by atoms with E-state index in [0.29, 0.717) is 18.8 Å². The van der Waals surface area contributed by atoms with Crippen molar-refractivity contribution in [3.63, 3.8) is 0 Å². The summed E-state index contributed by atoms with van der Waals surface area (Å²) >= 11 is 0. The minimum Gasteiger partial charge on any atom is -0.463 e. The van der Waals surface area contributed by atoms with Crippen molar-refractivity contribution in [2.24, 2.45) is 0 Å². The van der Waals surface area contributed by atoms with Crippen molar-refractivity contribution < 1.29 is 14.3 Å². The van der Waals surface area contributed by atoms with Crippen molar-refractivity contribution in [3.05, 3.63) is 71.8 Å². The van der Waals surface area contributed by atoms with Gasteiger partial charge in [0, 0.05) is 31.4 Å². The zero-order chi connectivity index (χ0) is 20.6. The molecule has 0 spiro atoms. The number of benzene rings is 2. The highest BCUT2D eigenvalue weighted by atomic mass is 16.5. The highest BCUT2D eigenvalue weighted by Crippen LogP contribution is 2.25. The van der Waals surface area contributed by atoms with Crippen LogP contribution in [0.25, 0.3) is 6.08 Å². The van der Waals surface area contributed by atoms with Gasteiger partial charge in [0.2, 0.25) is 0 Å². The van der Waals surface area contributed by atoms with Gasteiger partial charge in [-0.15, -0.1) is 0 Å². The number of anilines is 1. The summed E-state index contributed by atoms with van der Waals surface area (Å²) in [6.07, 6.45) is 3.08. The Labute approximate surface area is 171 Å². The molecular formula is C23H27N3O3. The van der Waals surface area contributed by atoms with E-state index in [1.165, 1.54) is 6.08 Å². The second kappa shape index (κ2) is 9.89. The lowest BCUT2D eigenvalue weighted by atomic mass is 10.0. The molecule has 2 aromatic rings. The molecule has 152 valence electrons. The van der Waals surface area contributed by atoms with Gasteiger partial charge in [0.15, 0.2) is 0 Å². The number of esters is 1. The van der Waals surface area contributed by atoms with Gasteiger partial charge in [-0.05, 0) is 43.3 Å². The van der Waals surface area contributed by atoms with E-state index in [0.717, 1.165) is 24.2 Å². The average Bonchev–Trinajstić information content (AvgIpc) is 2.74. The van der Waals surface area contributed by atoms with Crippen LogP contribution in [0.1, 0.15) is 24.1 Å². The normalized spacial score (nSPS) is 17.3. The third kappa shape index (κ3) is 5.68. The zero-order valence-corrected chi connectivity index (χ0v) is 16.9. The van der Waals surface area contributed by atoms with Crippen molar-refractivity contribution >= 4 is 23.8 Å². The predicted molar refractivity (Wildman–Crippen MR) is 115 cm³/mol. The van der Waals surface area contributed by atoms with Crippen LogP contribution in [0.5, 0.6) is 0 Å². The fourth-order valence-corrected chi connectivity index (χ4v) is 3.35. The number of rotatable bonds is 5. The lowest BCUT2D eigenvalue weighted by Gasteiger charge is -2.40. The molecule has 1 saturated heterocycles. The number of ether oxygens (including phenoxy) is 1. The van der Waals surface area contributed by atoms with Crippen molar-refractivity contribution in [3.8, 4) is 0 Å².